The molecule has 2 heterocycles. The largest absolute Gasteiger partial charge is 0.362 e. The predicted octanol–water partition coefficient (Wildman–Crippen LogP) is 2.31. The third-order valence-corrected chi connectivity index (χ3v) is 4.67. The molecule has 1 fully saturated rings. The first-order chi connectivity index (χ1) is 10.3. The Morgan fingerprint density at radius 2 is 2.19 bits per heavy atom. The number of nitrogens with one attached hydrogen (secondary N) is 1. The minimum absolute atomic E-state index is 0.723. The van der Waals surface area contributed by atoms with Gasteiger partial charge in [0.25, 0.3) is 0 Å². The molecule has 2 aliphatic rings. The fourth-order valence-electron chi connectivity index (χ4n) is 2.82. The van der Waals surface area contributed by atoms with Gasteiger partial charge in [0, 0.05) is 35.8 Å². The topological polar surface area (TPSA) is 46.0 Å². The van der Waals surface area contributed by atoms with Gasteiger partial charge in [0.05, 0.1) is 6.54 Å². The van der Waals surface area contributed by atoms with Crippen molar-refractivity contribution in [3.63, 3.8) is 0 Å². The Labute approximate surface area is 132 Å². The van der Waals surface area contributed by atoms with Crippen molar-refractivity contribution in [2.24, 2.45) is 0 Å². The van der Waals surface area contributed by atoms with Crippen LogP contribution in [0.15, 0.2) is 29.0 Å². The molecule has 0 saturated heterocycles. The van der Waals surface area contributed by atoms with Crippen molar-refractivity contribution >= 4 is 21.6 Å². The van der Waals surface area contributed by atoms with Gasteiger partial charge in [-0.2, -0.15) is 0 Å². The summed E-state index contributed by atoms with van der Waals surface area (Å²) in [6, 6.07) is 7.28. The molecule has 1 N–H and O–H groups in total. The zero-order valence-corrected chi connectivity index (χ0v) is 13.4. The SMILES string of the molecule is Brc1ccc(N2CCn3cnnc3C2)c(CNC2CC2)c1. The second kappa shape index (κ2) is 5.42. The third-order valence-electron chi connectivity index (χ3n) is 4.18. The Hall–Kier alpha value is -1.40. The average molecular weight is 348 g/mol. The van der Waals surface area contributed by atoms with Crippen LogP contribution in [0.5, 0.6) is 0 Å². The van der Waals surface area contributed by atoms with Gasteiger partial charge in [-0.3, -0.25) is 0 Å². The van der Waals surface area contributed by atoms with Gasteiger partial charge in [0.15, 0.2) is 5.82 Å². The van der Waals surface area contributed by atoms with Gasteiger partial charge in [-0.1, -0.05) is 15.9 Å². The molecule has 0 atom stereocenters. The summed E-state index contributed by atoms with van der Waals surface area (Å²) in [6.07, 6.45) is 4.45. The summed E-state index contributed by atoms with van der Waals surface area (Å²) in [6.45, 7) is 3.72. The van der Waals surface area contributed by atoms with E-state index in [1.165, 1.54) is 24.1 Å². The molecule has 0 unspecified atom stereocenters. The Morgan fingerprint density at radius 3 is 3.05 bits per heavy atom. The van der Waals surface area contributed by atoms with Crippen LogP contribution in [0.3, 0.4) is 0 Å². The lowest BCUT2D eigenvalue weighted by Crippen LogP contribution is -2.34. The van der Waals surface area contributed by atoms with E-state index >= 15 is 0 Å². The summed E-state index contributed by atoms with van der Waals surface area (Å²) in [5.74, 6) is 1.05. The first-order valence-corrected chi connectivity index (χ1v) is 8.22. The van der Waals surface area contributed by atoms with Gasteiger partial charge < -0.3 is 14.8 Å². The van der Waals surface area contributed by atoms with E-state index in [1.54, 1.807) is 0 Å². The van der Waals surface area contributed by atoms with Crippen LogP contribution in [0.4, 0.5) is 5.69 Å². The summed E-state index contributed by atoms with van der Waals surface area (Å²) in [5, 5.41) is 11.8. The molecule has 1 aliphatic carbocycles. The van der Waals surface area contributed by atoms with Crippen LogP contribution in [-0.4, -0.2) is 27.4 Å². The second-order valence-corrected chi connectivity index (χ2v) is 6.71. The number of anilines is 1. The molecular weight excluding hydrogens is 330 g/mol. The number of hydrogen-bond donors (Lipinski definition) is 1. The van der Waals surface area contributed by atoms with Crippen LogP contribution in [0.25, 0.3) is 0 Å². The highest BCUT2D eigenvalue weighted by Crippen LogP contribution is 2.28. The number of benzene rings is 1. The van der Waals surface area contributed by atoms with Crippen LogP contribution >= 0.6 is 15.9 Å². The highest BCUT2D eigenvalue weighted by atomic mass is 79.9. The van der Waals surface area contributed by atoms with Crippen LogP contribution in [0.1, 0.15) is 24.2 Å². The molecule has 5 nitrogen and oxygen atoms in total. The Morgan fingerprint density at radius 1 is 1.29 bits per heavy atom. The summed E-state index contributed by atoms with van der Waals surface area (Å²) >= 11 is 3.59. The van der Waals surface area contributed by atoms with Crippen molar-refractivity contribution in [3.05, 3.63) is 40.4 Å². The van der Waals surface area contributed by atoms with E-state index in [4.69, 9.17) is 0 Å². The molecule has 110 valence electrons. The maximum absolute atomic E-state index is 4.21. The zero-order valence-electron chi connectivity index (χ0n) is 11.8. The number of hydrogen-bond acceptors (Lipinski definition) is 4. The molecule has 1 aromatic heterocycles. The van der Waals surface area contributed by atoms with Gasteiger partial charge >= 0.3 is 0 Å². The molecule has 6 heteroatoms. The molecule has 4 rings (SSSR count). The summed E-state index contributed by atoms with van der Waals surface area (Å²) < 4.78 is 3.27. The highest BCUT2D eigenvalue weighted by molar-refractivity contribution is 9.10. The van der Waals surface area contributed by atoms with Crippen molar-refractivity contribution in [2.45, 2.75) is 38.5 Å². The van der Waals surface area contributed by atoms with Gasteiger partial charge in [0.1, 0.15) is 6.33 Å². The van der Waals surface area contributed by atoms with E-state index in [9.17, 15) is 0 Å². The second-order valence-electron chi connectivity index (χ2n) is 5.79. The monoisotopic (exact) mass is 347 g/mol. The average Bonchev–Trinajstić information content (AvgIpc) is 3.20. The highest BCUT2D eigenvalue weighted by Gasteiger charge is 2.23. The lowest BCUT2D eigenvalue weighted by atomic mass is 10.1. The van der Waals surface area contributed by atoms with Gasteiger partial charge in [-0.25, -0.2) is 0 Å². The van der Waals surface area contributed by atoms with Gasteiger partial charge in [0.2, 0.25) is 0 Å². The molecule has 0 amide bonds. The Balaban J connectivity index is 1.58. The van der Waals surface area contributed by atoms with Crippen LogP contribution in [0.2, 0.25) is 0 Å². The molecular formula is C15H18BrN5. The quantitative estimate of drug-likeness (QED) is 0.921. The number of fused-ring (bicyclic) bond motifs is 1. The lowest BCUT2D eigenvalue weighted by Gasteiger charge is -2.31. The zero-order chi connectivity index (χ0) is 14.2. The van der Waals surface area contributed by atoms with E-state index in [-0.39, 0.29) is 0 Å². The van der Waals surface area contributed by atoms with E-state index in [2.05, 4.69) is 59.1 Å². The molecule has 0 bridgehead atoms. The van der Waals surface area contributed by atoms with Crippen LogP contribution in [0, 0.1) is 0 Å². The van der Waals surface area contributed by atoms with Crippen molar-refractivity contribution in [2.75, 3.05) is 11.4 Å². The summed E-state index contributed by atoms with van der Waals surface area (Å²) in [7, 11) is 0. The first-order valence-electron chi connectivity index (χ1n) is 7.43. The van der Waals surface area contributed by atoms with Crippen molar-refractivity contribution in [1.82, 2.24) is 20.1 Å². The van der Waals surface area contributed by atoms with E-state index in [0.29, 0.717) is 0 Å². The summed E-state index contributed by atoms with van der Waals surface area (Å²) in [5.41, 5.74) is 2.66. The van der Waals surface area contributed by atoms with Gasteiger partial charge in [-0.05, 0) is 36.6 Å². The molecule has 1 aromatic carbocycles. The maximum atomic E-state index is 4.21. The van der Waals surface area contributed by atoms with Gasteiger partial charge in [-0.15, -0.1) is 10.2 Å². The smallest absolute Gasteiger partial charge is 0.152 e. The fraction of sp³-hybridized carbons (Fsp3) is 0.467. The first kappa shape index (κ1) is 13.3. The van der Waals surface area contributed by atoms with E-state index in [1.807, 2.05) is 6.33 Å². The number of halogens is 1. The molecule has 0 radical (unpaired) electrons. The number of rotatable bonds is 4. The molecule has 0 spiro atoms. The standard InChI is InChI=1S/C15H18BrN5/c16-12-1-4-14(11(7-12)8-17-13-2-3-13)20-5-6-21-10-18-19-15(21)9-20/h1,4,7,10,13,17H,2-3,5-6,8-9H2. The van der Waals surface area contributed by atoms with Crippen LogP contribution < -0.4 is 10.2 Å². The predicted molar refractivity (Wildman–Crippen MR) is 85.1 cm³/mol. The third kappa shape index (κ3) is 2.82. The van der Waals surface area contributed by atoms with Crippen LogP contribution in [-0.2, 0) is 19.6 Å². The van der Waals surface area contributed by atoms with Crippen molar-refractivity contribution in [3.8, 4) is 0 Å². The molecule has 2 aromatic rings. The van der Waals surface area contributed by atoms with E-state index in [0.717, 1.165) is 42.5 Å². The maximum Gasteiger partial charge on any atom is 0.152 e. The molecule has 1 saturated carbocycles. The Kier molecular flexibility index (Phi) is 3.43. The number of aromatic nitrogens is 3. The van der Waals surface area contributed by atoms with Crippen molar-refractivity contribution < 1.29 is 0 Å². The molecule has 21 heavy (non-hydrogen) atoms. The molecule has 1 aliphatic heterocycles. The number of nitrogens with zero attached hydrogens (tertiary/aromatic N) is 4. The summed E-state index contributed by atoms with van der Waals surface area (Å²) in [4.78, 5) is 2.40. The lowest BCUT2D eigenvalue weighted by molar-refractivity contribution is 0.557. The minimum atomic E-state index is 0.723. The van der Waals surface area contributed by atoms with E-state index < -0.39 is 0 Å². The van der Waals surface area contributed by atoms with Crippen molar-refractivity contribution in [1.29, 1.82) is 0 Å². The Bertz CT molecular complexity index is 649. The normalized spacial score (nSPS) is 17.9. The minimum Gasteiger partial charge on any atom is -0.362 e. The fourth-order valence-corrected chi connectivity index (χ4v) is 3.23.